The molecule has 0 aromatic heterocycles. The van der Waals surface area contributed by atoms with Crippen LogP contribution in [0.2, 0.25) is 5.02 Å². The fourth-order valence-corrected chi connectivity index (χ4v) is 2.20. The van der Waals surface area contributed by atoms with Gasteiger partial charge in [-0.15, -0.1) is 0 Å². The first kappa shape index (κ1) is 18.1. The number of anilines is 1. The molecule has 3 N–H and O–H groups in total. The zero-order chi connectivity index (χ0) is 17.2. The second-order valence-corrected chi connectivity index (χ2v) is 5.50. The molecule has 0 heterocycles. The minimum atomic E-state index is -0.0617. The molecule has 24 heavy (non-hydrogen) atoms. The van der Waals surface area contributed by atoms with Crippen LogP contribution < -0.4 is 20.5 Å². The van der Waals surface area contributed by atoms with Gasteiger partial charge in [0.1, 0.15) is 18.1 Å². The molecule has 2 rings (SSSR count). The maximum Gasteiger partial charge on any atom is 0.224 e. The molecule has 0 aliphatic carbocycles. The number of nitrogens with one attached hydrogen (secondary N) is 1. The van der Waals surface area contributed by atoms with Gasteiger partial charge in [0.25, 0.3) is 0 Å². The summed E-state index contributed by atoms with van der Waals surface area (Å²) in [6, 6.07) is 14.5. The Balaban J connectivity index is 1.68. The second kappa shape index (κ2) is 9.80. The molecular weight excluding hydrogens is 328 g/mol. The lowest BCUT2D eigenvalue weighted by Crippen LogP contribution is -2.13. The molecule has 0 bridgehead atoms. The van der Waals surface area contributed by atoms with Crippen molar-refractivity contribution in [3.05, 3.63) is 53.6 Å². The molecule has 5 nitrogen and oxygen atoms in total. The van der Waals surface area contributed by atoms with E-state index >= 15 is 0 Å². The lowest BCUT2D eigenvalue weighted by Gasteiger charge is -2.09. The highest BCUT2D eigenvalue weighted by Gasteiger charge is 2.04. The van der Waals surface area contributed by atoms with Crippen molar-refractivity contribution in [2.45, 2.75) is 12.8 Å². The van der Waals surface area contributed by atoms with E-state index in [0.29, 0.717) is 43.4 Å². The molecular formula is C18H21ClN2O3. The second-order valence-electron chi connectivity index (χ2n) is 5.09. The van der Waals surface area contributed by atoms with Crippen molar-refractivity contribution >= 4 is 23.2 Å². The van der Waals surface area contributed by atoms with Gasteiger partial charge < -0.3 is 20.5 Å². The van der Waals surface area contributed by atoms with Gasteiger partial charge in [-0.25, -0.2) is 0 Å². The lowest BCUT2D eigenvalue weighted by molar-refractivity contribution is -0.116. The highest BCUT2D eigenvalue weighted by Crippen LogP contribution is 2.23. The van der Waals surface area contributed by atoms with Gasteiger partial charge in [-0.3, -0.25) is 4.79 Å². The van der Waals surface area contributed by atoms with Crippen LogP contribution in [0.15, 0.2) is 48.5 Å². The third-order valence-electron chi connectivity index (χ3n) is 3.17. The van der Waals surface area contributed by atoms with Crippen molar-refractivity contribution in [1.29, 1.82) is 0 Å². The Morgan fingerprint density at radius 1 is 1.04 bits per heavy atom. The number of halogens is 1. The number of nitrogens with two attached hydrogens (primary N) is 1. The van der Waals surface area contributed by atoms with Gasteiger partial charge in [-0.05, 0) is 42.8 Å². The van der Waals surface area contributed by atoms with Crippen molar-refractivity contribution < 1.29 is 14.3 Å². The number of rotatable bonds is 9. The van der Waals surface area contributed by atoms with Crippen molar-refractivity contribution in [3.8, 4) is 11.5 Å². The van der Waals surface area contributed by atoms with E-state index in [9.17, 15) is 4.79 Å². The number of amides is 1. The zero-order valence-corrected chi connectivity index (χ0v) is 14.1. The third kappa shape index (κ3) is 6.10. The Kier molecular flexibility index (Phi) is 7.39. The van der Waals surface area contributed by atoms with Crippen molar-refractivity contribution in [2.75, 3.05) is 25.1 Å². The molecule has 0 spiro atoms. The predicted octanol–water partition coefficient (Wildman–Crippen LogP) is 3.48. The predicted molar refractivity (Wildman–Crippen MR) is 95.8 cm³/mol. The number of carbonyl (C=O) groups is 1. The number of benzene rings is 2. The molecule has 0 fully saturated rings. The monoisotopic (exact) mass is 348 g/mol. The molecule has 0 saturated carbocycles. The standard InChI is InChI=1S/C18H21ClN2O3/c19-16-4-1-2-5-17(16)24-12-3-6-18(22)21-14-7-9-15(10-8-14)23-13-11-20/h1-2,4-5,7-10H,3,6,11-13,20H2,(H,21,22). The van der Waals surface area contributed by atoms with Gasteiger partial charge in [0.2, 0.25) is 5.91 Å². The summed E-state index contributed by atoms with van der Waals surface area (Å²) in [5.74, 6) is 1.30. The van der Waals surface area contributed by atoms with E-state index in [0.717, 1.165) is 11.4 Å². The SMILES string of the molecule is NCCOc1ccc(NC(=O)CCCOc2ccccc2Cl)cc1. The average molecular weight is 349 g/mol. The number of hydrogen-bond donors (Lipinski definition) is 2. The fourth-order valence-electron chi connectivity index (χ4n) is 2.01. The van der Waals surface area contributed by atoms with Gasteiger partial charge in [0, 0.05) is 18.7 Å². The van der Waals surface area contributed by atoms with Crippen LogP contribution in [-0.2, 0) is 4.79 Å². The third-order valence-corrected chi connectivity index (χ3v) is 3.48. The number of ether oxygens (including phenoxy) is 2. The highest BCUT2D eigenvalue weighted by atomic mass is 35.5. The van der Waals surface area contributed by atoms with E-state index in [1.807, 2.05) is 12.1 Å². The summed E-state index contributed by atoms with van der Waals surface area (Å²) in [5, 5.41) is 3.40. The molecule has 2 aromatic rings. The van der Waals surface area contributed by atoms with Crippen LogP contribution in [0.3, 0.4) is 0 Å². The largest absolute Gasteiger partial charge is 0.492 e. The quantitative estimate of drug-likeness (QED) is 0.680. The van der Waals surface area contributed by atoms with Gasteiger partial charge in [0.05, 0.1) is 11.6 Å². The summed E-state index contributed by atoms with van der Waals surface area (Å²) in [5.41, 5.74) is 6.10. The molecule has 0 aliphatic heterocycles. The molecule has 6 heteroatoms. The Hall–Kier alpha value is -2.24. The summed E-state index contributed by atoms with van der Waals surface area (Å²) in [4.78, 5) is 11.9. The summed E-state index contributed by atoms with van der Waals surface area (Å²) >= 11 is 6.00. The van der Waals surface area contributed by atoms with Crippen LogP contribution in [0.25, 0.3) is 0 Å². The topological polar surface area (TPSA) is 73.6 Å². The minimum Gasteiger partial charge on any atom is -0.492 e. The molecule has 0 aliphatic rings. The zero-order valence-electron chi connectivity index (χ0n) is 13.3. The average Bonchev–Trinajstić information content (AvgIpc) is 2.59. The number of hydrogen-bond acceptors (Lipinski definition) is 4. The number of carbonyl (C=O) groups excluding carboxylic acids is 1. The maximum atomic E-state index is 11.9. The maximum absolute atomic E-state index is 11.9. The molecule has 0 atom stereocenters. The molecule has 0 saturated heterocycles. The normalized spacial score (nSPS) is 10.2. The smallest absolute Gasteiger partial charge is 0.224 e. The Labute approximate surface area is 146 Å². The molecule has 2 aromatic carbocycles. The van der Waals surface area contributed by atoms with Crippen molar-refractivity contribution in [1.82, 2.24) is 0 Å². The van der Waals surface area contributed by atoms with E-state index in [1.165, 1.54) is 0 Å². The van der Waals surface area contributed by atoms with Gasteiger partial charge in [-0.2, -0.15) is 0 Å². The first-order valence-electron chi connectivity index (χ1n) is 7.79. The van der Waals surface area contributed by atoms with E-state index in [1.54, 1.807) is 36.4 Å². The van der Waals surface area contributed by atoms with Gasteiger partial charge >= 0.3 is 0 Å². The van der Waals surface area contributed by atoms with E-state index in [-0.39, 0.29) is 5.91 Å². The highest BCUT2D eigenvalue weighted by molar-refractivity contribution is 6.32. The lowest BCUT2D eigenvalue weighted by atomic mass is 10.2. The molecule has 1 amide bonds. The van der Waals surface area contributed by atoms with Crippen LogP contribution in [-0.4, -0.2) is 25.7 Å². The summed E-state index contributed by atoms with van der Waals surface area (Å²) < 4.78 is 10.9. The first-order valence-corrected chi connectivity index (χ1v) is 8.17. The minimum absolute atomic E-state index is 0.0617. The molecule has 0 unspecified atom stereocenters. The van der Waals surface area contributed by atoms with Crippen LogP contribution in [0.1, 0.15) is 12.8 Å². The first-order chi connectivity index (χ1) is 11.7. The fraction of sp³-hybridized carbons (Fsp3) is 0.278. The van der Waals surface area contributed by atoms with E-state index in [4.69, 9.17) is 26.8 Å². The summed E-state index contributed by atoms with van der Waals surface area (Å²) in [6.45, 7) is 1.37. The van der Waals surface area contributed by atoms with E-state index < -0.39 is 0 Å². The van der Waals surface area contributed by atoms with Crippen LogP contribution in [0, 0.1) is 0 Å². The van der Waals surface area contributed by atoms with Gasteiger partial charge in [-0.1, -0.05) is 23.7 Å². The summed E-state index contributed by atoms with van der Waals surface area (Å²) in [6.07, 6.45) is 0.977. The van der Waals surface area contributed by atoms with Crippen LogP contribution in [0.5, 0.6) is 11.5 Å². The summed E-state index contributed by atoms with van der Waals surface area (Å²) in [7, 11) is 0. The van der Waals surface area contributed by atoms with Crippen LogP contribution in [0.4, 0.5) is 5.69 Å². The molecule has 128 valence electrons. The Morgan fingerprint density at radius 2 is 1.79 bits per heavy atom. The van der Waals surface area contributed by atoms with Crippen molar-refractivity contribution in [2.24, 2.45) is 5.73 Å². The van der Waals surface area contributed by atoms with Gasteiger partial charge in [0.15, 0.2) is 0 Å². The van der Waals surface area contributed by atoms with Crippen molar-refractivity contribution in [3.63, 3.8) is 0 Å². The molecule has 0 radical (unpaired) electrons. The Morgan fingerprint density at radius 3 is 2.50 bits per heavy atom. The van der Waals surface area contributed by atoms with Crippen LogP contribution >= 0.6 is 11.6 Å². The Bertz CT molecular complexity index is 647. The van der Waals surface area contributed by atoms with E-state index in [2.05, 4.69) is 5.32 Å². The number of para-hydroxylation sites is 1.